The Morgan fingerprint density at radius 3 is 2.88 bits per heavy atom. The van der Waals surface area contributed by atoms with Gasteiger partial charge in [0.05, 0.1) is 12.6 Å². The van der Waals surface area contributed by atoms with E-state index < -0.39 is 6.10 Å². The molecule has 1 saturated heterocycles. The minimum atomic E-state index is -0.570. The Hall–Kier alpha value is -1.95. The standard InChI is InChI=1S/C20H21FN2O2.ClH/c21-16-6-3-5-15(12-16)18-13-22-9-10-23(18)20(24)19-17-7-2-1-4-14(17)8-11-25-19;/h1-7,12,18-19,22H,8-11,13H2;1H. The molecule has 2 heterocycles. The Morgan fingerprint density at radius 2 is 2.04 bits per heavy atom. The molecule has 2 aliphatic heterocycles. The quantitative estimate of drug-likeness (QED) is 0.876. The number of fused-ring (bicyclic) bond motifs is 1. The minimum absolute atomic E-state index is 0. The molecule has 1 amide bonds. The number of piperazine rings is 1. The summed E-state index contributed by atoms with van der Waals surface area (Å²) in [5.74, 6) is -0.322. The van der Waals surface area contributed by atoms with Crippen molar-refractivity contribution in [3.8, 4) is 0 Å². The van der Waals surface area contributed by atoms with Gasteiger partial charge in [0.2, 0.25) is 0 Å². The molecule has 1 N–H and O–H groups in total. The van der Waals surface area contributed by atoms with Gasteiger partial charge in [0.25, 0.3) is 5.91 Å². The molecule has 2 aromatic rings. The van der Waals surface area contributed by atoms with Crippen molar-refractivity contribution in [3.05, 3.63) is 71.0 Å². The maximum absolute atomic E-state index is 13.7. The SMILES string of the molecule is Cl.O=C(C1OCCc2ccccc21)N1CCNCC1c1cccc(F)c1. The normalized spacial score (nSPS) is 22.3. The van der Waals surface area contributed by atoms with E-state index in [-0.39, 0.29) is 30.2 Å². The van der Waals surface area contributed by atoms with Crippen molar-refractivity contribution < 1.29 is 13.9 Å². The molecule has 2 aromatic carbocycles. The van der Waals surface area contributed by atoms with Crippen LogP contribution in [0.1, 0.15) is 28.8 Å². The zero-order chi connectivity index (χ0) is 17.2. The van der Waals surface area contributed by atoms with Gasteiger partial charge in [-0.1, -0.05) is 36.4 Å². The third-order valence-electron chi connectivity index (χ3n) is 4.98. The predicted molar refractivity (Wildman–Crippen MR) is 99.8 cm³/mol. The van der Waals surface area contributed by atoms with Crippen LogP contribution in [0, 0.1) is 5.82 Å². The zero-order valence-electron chi connectivity index (χ0n) is 14.4. The van der Waals surface area contributed by atoms with Crippen molar-refractivity contribution in [1.29, 1.82) is 0 Å². The highest BCUT2D eigenvalue weighted by atomic mass is 35.5. The van der Waals surface area contributed by atoms with Gasteiger partial charge in [-0.25, -0.2) is 4.39 Å². The topological polar surface area (TPSA) is 41.6 Å². The fraction of sp³-hybridized carbons (Fsp3) is 0.350. The van der Waals surface area contributed by atoms with Crippen molar-refractivity contribution >= 4 is 18.3 Å². The Balaban J connectivity index is 0.00000196. The summed E-state index contributed by atoms with van der Waals surface area (Å²) < 4.78 is 19.5. The van der Waals surface area contributed by atoms with Gasteiger partial charge < -0.3 is 15.0 Å². The molecule has 0 saturated carbocycles. The number of benzene rings is 2. The highest BCUT2D eigenvalue weighted by molar-refractivity contribution is 5.85. The lowest BCUT2D eigenvalue weighted by atomic mass is 9.95. The van der Waals surface area contributed by atoms with Crippen LogP contribution in [0.2, 0.25) is 0 Å². The number of carbonyl (C=O) groups excluding carboxylic acids is 1. The second kappa shape index (κ2) is 8.16. The first kappa shape index (κ1) is 18.8. The summed E-state index contributed by atoms with van der Waals surface area (Å²) in [7, 11) is 0. The lowest BCUT2D eigenvalue weighted by Crippen LogP contribution is -2.50. The van der Waals surface area contributed by atoms with E-state index in [0.717, 1.165) is 24.1 Å². The van der Waals surface area contributed by atoms with E-state index in [1.807, 2.05) is 29.2 Å². The van der Waals surface area contributed by atoms with Gasteiger partial charge in [-0.2, -0.15) is 0 Å². The average molecular weight is 377 g/mol. The average Bonchev–Trinajstić information content (AvgIpc) is 2.67. The van der Waals surface area contributed by atoms with Gasteiger partial charge in [0.1, 0.15) is 5.82 Å². The Morgan fingerprint density at radius 1 is 1.19 bits per heavy atom. The van der Waals surface area contributed by atoms with Gasteiger partial charge in [-0.15, -0.1) is 12.4 Å². The molecule has 0 aliphatic carbocycles. The number of hydrogen-bond donors (Lipinski definition) is 1. The Labute approximate surface area is 158 Å². The van der Waals surface area contributed by atoms with E-state index in [2.05, 4.69) is 11.4 Å². The lowest BCUT2D eigenvalue weighted by Gasteiger charge is -2.39. The molecule has 0 spiro atoms. The third-order valence-corrected chi connectivity index (χ3v) is 4.98. The fourth-order valence-electron chi connectivity index (χ4n) is 3.73. The second-order valence-electron chi connectivity index (χ2n) is 6.51. The van der Waals surface area contributed by atoms with Crippen molar-refractivity contribution in [2.45, 2.75) is 18.6 Å². The van der Waals surface area contributed by atoms with Crippen LogP contribution in [-0.4, -0.2) is 37.0 Å². The summed E-state index contributed by atoms with van der Waals surface area (Å²) in [5, 5.41) is 3.30. The summed E-state index contributed by atoms with van der Waals surface area (Å²) in [6.07, 6.45) is 0.258. The number of rotatable bonds is 2. The monoisotopic (exact) mass is 376 g/mol. The van der Waals surface area contributed by atoms with Crippen LogP contribution in [-0.2, 0) is 16.0 Å². The van der Waals surface area contributed by atoms with Gasteiger partial charge in [0, 0.05) is 19.6 Å². The number of halogens is 2. The second-order valence-corrected chi connectivity index (χ2v) is 6.51. The highest BCUT2D eigenvalue weighted by Crippen LogP contribution is 2.32. The number of ether oxygens (including phenoxy) is 1. The molecule has 0 radical (unpaired) electrons. The van der Waals surface area contributed by atoms with Gasteiger partial charge in [0.15, 0.2) is 6.10 Å². The lowest BCUT2D eigenvalue weighted by molar-refractivity contribution is -0.148. The maximum atomic E-state index is 13.7. The third kappa shape index (κ3) is 3.61. The molecule has 4 nitrogen and oxygen atoms in total. The van der Waals surface area contributed by atoms with E-state index in [1.54, 1.807) is 6.07 Å². The number of nitrogens with one attached hydrogen (secondary N) is 1. The first-order valence-electron chi connectivity index (χ1n) is 8.70. The molecular formula is C20H22ClFN2O2. The van der Waals surface area contributed by atoms with E-state index >= 15 is 0 Å². The summed E-state index contributed by atoms with van der Waals surface area (Å²) in [6, 6.07) is 14.3. The number of carbonyl (C=O) groups is 1. The van der Waals surface area contributed by atoms with E-state index in [4.69, 9.17) is 4.74 Å². The van der Waals surface area contributed by atoms with Crippen molar-refractivity contribution in [2.75, 3.05) is 26.2 Å². The summed E-state index contributed by atoms with van der Waals surface area (Å²) >= 11 is 0. The fourth-order valence-corrected chi connectivity index (χ4v) is 3.73. The Kier molecular flexibility index (Phi) is 5.91. The number of amides is 1. The minimum Gasteiger partial charge on any atom is -0.363 e. The molecule has 4 rings (SSSR count). The van der Waals surface area contributed by atoms with Crippen LogP contribution in [0.25, 0.3) is 0 Å². The molecule has 0 bridgehead atoms. The first-order chi connectivity index (χ1) is 12.2. The molecule has 6 heteroatoms. The summed E-state index contributed by atoms with van der Waals surface area (Å²) in [5.41, 5.74) is 2.93. The van der Waals surface area contributed by atoms with Crippen LogP contribution >= 0.6 is 12.4 Å². The van der Waals surface area contributed by atoms with E-state index in [9.17, 15) is 9.18 Å². The van der Waals surface area contributed by atoms with Crippen molar-refractivity contribution in [1.82, 2.24) is 10.2 Å². The van der Waals surface area contributed by atoms with Crippen LogP contribution in [0.4, 0.5) is 4.39 Å². The zero-order valence-corrected chi connectivity index (χ0v) is 15.2. The molecular weight excluding hydrogens is 355 g/mol. The van der Waals surface area contributed by atoms with E-state index in [0.29, 0.717) is 19.7 Å². The van der Waals surface area contributed by atoms with Crippen LogP contribution < -0.4 is 5.32 Å². The molecule has 138 valence electrons. The summed E-state index contributed by atoms with van der Waals surface area (Å²) in [6.45, 7) is 2.47. The number of nitrogens with zero attached hydrogens (tertiary/aromatic N) is 1. The molecule has 26 heavy (non-hydrogen) atoms. The van der Waals surface area contributed by atoms with Gasteiger partial charge in [-0.3, -0.25) is 4.79 Å². The smallest absolute Gasteiger partial charge is 0.256 e. The maximum Gasteiger partial charge on any atom is 0.256 e. The summed E-state index contributed by atoms with van der Waals surface area (Å²) in [4.78, 5) is 15.1. The molecule has 2 unspecified atom stereocenters. The largest absolute Gasteiger partial charge is 0.363 e. The van der Waals surface area contributed by atoms with Crippen LogP contribution in [0.3, 0.4) is 0 Å². The van der Waals surface area contributed by atoms with Crippen molar-refractivity contribution in [2.24, 2.45) is 0 Å². The molecule has 1 fully saturated rings. The predicted octanol–water partition coefficient (Wildman–Crippen LogP) is 3.03. The highest BCUT2D eigenvalue weighted by Gasteiger charge is 2.36. The van der Waals surface area contributed by atoms with Gasteiger partial charge in [-0.05, 0) is 35.2 Å². The molecule has 0 aromatic heterocycles. The molecule has 2 aliphatic rings. The van der Waals surface area contributed by atoms with Crippen LogP contribution in [0.5, 0.6) is 0 Å². The Bertz CT molecular complexity index is 786. The van der Waals surface area contributed by atoms with Crippen molar-refractivity contribution in [3.63, 3.8) is 0 Å². The molecule has 2 atom stereocenters. The number of hydrogen-bond acceptors (Lipinski definition) is 3. The van der Waals surface area contributed by atoms with E-state index in [1.165, 1.54) is 17.7 Å². The first-order valence-corrected chi connectivity index (χ1v) is 8.70. The van der Waals surface area contributed by atoms with Gasteiger partial charge >= 0.3 is 0 Å². The van der Waals surface area contributed by atoms with Crippen LogP contribution in [0.15, 0.2) is 48.5 Å².